The summed E-state index contributed by atoms with van der Waals surface area (Å²) in [5.74, 6) is 0.446. The predicted molar refractivity (Wildman–Crippen MR) is 82.0 cm³/mol. The van der Waals surface area contributed by atoms with E-state index in [2.05, 4.69) is 10.2 Å². The highest BCUT2D eigenvalue weighted by atomic mass is 35.5. The number of halogens is 1. The number of hydrogen-bond donors (Lipinski definition) is 1. The Hall–Kier alpha value is -1.88. The van der Waals surface area contributed by atoms with Crippen molar-refractivity contribution < 1.29 is 4.79 Å². The molecule has 0 bridgehead atoms. The smallest absolute Gasteiger partial charge is 0.299 e. The van der Waals surface area contributed by atoms with Crippen LogP contribution in [-0.2, 0) is 11.2 Å². The van der Waals surface area contributed by atoms with Gasteiger partial charge in [-0.05, 0) is 23.6 Å². The Labute approximate surface area is 127 Å². The van der Waals surface area contributed by atoms with Crippen molar-refractivity contribution in [2.45, 2.75) is 33.6 Å². The minimum absolute atomic E-state index is 0.0461. The van der Waals surface area contributed by atoms with Gasteiger partial charge < -0.3 is 0 Å². The van der Waals surface area contributed by atoms with Gasteiger partial charge in [0, 0.05) is 11.4 Å². The van der Waals surface area contributed by atoms with Crippen molar-refractivity contribution in [3.05, 3.63) is 45.6 Å². The molecule has 0 amide bonds. The SMILES string of the molecule is CC(C)(C)CC(=O)Cc1n[nH]c(=O)n1-c1cccc(Cl)c1. The number of H-pyrrole nitrogens is 1. The van der Waals surface area contributed by atoms with E-state index in [1.165, 1.54) is 4.57 Å². The van der Waals surface area contributed by atoms with E-state index in [0.717, 1.165) is 0 Å². The Bertz CT molecular complexity index is 710. The number of ketones is 1. The fourth-order valence-electron chi connectivity index (χ4n) is 2.16. The maximum absolute atomic E-state index is 12.1. The fraction of sp³-hybridized carbons (Fsp3) is 0.400. The maximum Gasteiger partial charge on any atom is 0.347 e. The molecule has 0 aliphatic heterocycles. The molecule has 2 rings (SSSR count). The van der Waals surface area contributed by atoms with E-state index in [4.69, 9.17) is 11.6 Å². The van der Waals surface area contributed by atoms with Gasteiger partial charge in [0.2, 0.25) is 0 Å². The Morgan fingerprint density at radius 2 is 2.10 bits per heavy atom. The molecule has 5 nitrogen and oxygen atoms in total. The van der Waals surface area contributed by atoms with Gasteiger partial charge in [-0.15, -0.1) is 0 Å². The van der Waals surface area contributed by atoms with Gasteiger partial charge in [0.15, 0.2) is 0 Å². The lowest BCUT2D eigenvalue weighted by Crippen LogP contribution is -2.20. The molecule has 1 aromatic carbocycles. The van der Waals surface area contributed by atoms with Crippen LogP contribution in [0.25, 0.3) is 5.69 Å². The molecule has 0 saturated heterocycles. The van der Waals surface area contributed by atoms with Gasteiger partial charge in [0.05, 0.1) is 12.1 Å². The first kappa shape index (κ1) is 15.5. The summed E-state index contributed by atoms with van der Waals surface area (Å²) in [5.41, 5.74) is 0.129. The van der Waals surface area contributed by atoms with Gasteiger partial charge in [-0.3, -0.25) is 4.79 Å². The number of nitrogens with zero attached hydrogens (tertiary/aromatic N) is 2. The van der Waals surface area contributed by atoms with Crippen molar-refractivity contribution in [2.75, 3.05) is 0 Å². The van der Waals surface area contributed by atoms with E-state index in [1.807, 2.05) is 20.8 Å². The molecule has 0 radical (unpaired) electrons. The molecule has 1 N–H and O–H groups in total. The van der Waals surface area contributed by atoms with E-state index in [0.29, 0.717) is 23.0 Å². The van der Waals surface area contributed by atoms with Crippen LogP contribution in [0, 0.1) is 5.41 Å². The molecule has 0 aliphatic carbocycles. The lowest BCUT2D eigenvalue weighted by atomic mass is 9.89. The lowest BCUT2D eigenvalue weighted by molar-refractivity contribution is -0.120. The second-order valence-electron chi connectivity index (χ2n) is 6.21. The second-order valence-corrected chi connectivity index (χ2v) is 6.65. The molecular formula is C15H18ClN3O2. The van der Waals surface area contributed by atoms with Crippen LogP contribution < -0.4 is 5.69 Å². The Morgan fingerprint density at radius 3 is 2.71 bits per heavy atom. The standard InChI is InChI=1S/C15H18ClN3O2/c1-15(2,3)9-12(20)8-13-17-18-14(21)19(13)11-6-4-5-10(16)7-11/h4-7H,8-9H2,1-3H3,(H,18,21). The third kappa shape index (κ3) is 4.04. The second kappa shape index (κ2) is 5.85. The molecule has 1 aromatic heterocycles. The molecule has 1 heterocycles. The summed E-state index contributed by atoms with van der Waals surface area (Å²) in [6, 6.07) is 6.88. The van der Waals surface area contributed by atoms with Crippen LogP contribution in [0.1, 0.15) is 33.0 Å². The Morgan fingerprint density at radius 1 is 1.38 bits per heavy atom. The largest absolute Gasteiger partial charge is 0.347 e. The van der Waals surface area contributed by atoms with E-state index in [-0.39, 0.29) is 23.3 Å². The molecular weight excluding hydrogens is 290 g/mol. The van der Waals surface area contributed by atoms with Crippen LogP contribution in [-0.4, -0.2) is 20.5 Å². The number of Topliss-reactive ketones (excluding diaryl/α,β-unsaturated/α-hetero) is 1. The van der Waals surface area contributed by atoms with E-state index < -0.39 is 0 Å². The van der Waals surface area contributed by atoms with E-state index >= 15 is 0 Å². The van der Waals surface area contributed by atoms with Crippen molar-refractivity contribution in [1.82, 2.24) is 14.8 Å². The highest BCUT2D eigenvalue weighted by molar-refractivity contribution is 6.30. The minimum atomic E-state index is -0.379. The van der Waals surface area contributed by atoms with Gasteiger partial charge in [-0.1, -0.05) is 38.4 Å². The maximum atomic E-state index is 12.1. The number of hydrogen-bond acceptors (Lipinski definition) is 3. The first-order chi connectivity index (χ1) is 9.76. The summed E-state index contributed by atoms with van der Waals surface area (Å²) >= 11 is 5.95. The van der Waals surface area contributed by atoms with Crippen LogP contribution in [0.2, 0.25) is 5.02 Å². The van der Waals surface area contributed by atoms with Crippen LogP contribution in [0.5, 0.6) is 0 Å². The topological polar surface area (TPSA) is 67.8 Å². The lowest BCUT2D eigenvalue weighted by Gasteiger charge is -2.16. The zero-order chi connectivity index (χ0) is 15.6. The molecule has 0 aliphatic rings. The normalized spacial score (nSPS) is 11.6. The van der Waals surface area contributed by atoms with Crippen LogP contribution in [0.15, 0.2) is 29.1 Å². The number of aromatic nitrogens is 3. The first-order valence-corrected chi connectivity index (χ1v) is 7.08. The highest BCUT2D eigenvalue weighted by Gasteiger charge is 2.19. The number of aromatic amines is 1. The zero-order valence-corrected chi connectivity index (χ0v) is 13.1. The van der Waals surface area contributed by atoms with Crippen molar-refractivity contribution in [2.24, 2.45) is 5.41 Å². The molecule has 2 aromatic rings. The van der Waals surface area contributed by atoms with E-state index in [9.17, 15) is 9.59 Å². The first-order valence-electron chi connectivity index (χ1n) is 6.70. The number of carbonyl (C=O) groups is 1. The third-order valence-corrected chi connectivity index (χ3v) is 3.13. The average Bonchev–Trinajstić information content (AvgIpc) is 2.67. The number of rotatable bonds is 4. The number of benzene rings is 1. The summed E-state index contributed by atoms with van der Waals surface area (Å²) in [7, 11) is 0. The number of nitrogens with one attached hydrogen (secondary N) is 1. The molecule has 21 heavy (non-hydrogen) atoms. The molecule has 0 atom stereocenters. The summed E-state index contributed by atoms with van der Waals surface area (Å²) in [6.07, 6.45) is 0.548. The summed E-state index contributed by atoms with van der Waals surface area (Å²) in [5, 5.41) is 6.86. The van der Waals surface area contributed by atoms with Gasteiger partial charge in [-0.2, -0.15) is 5.10 Å². The van der Waals surface area contributed by atoms with Crippen molar-refractivity contribution in [1.29, 1.82) is 0 Å². The quantitative estimate of drug-likeness (QED) is 0.944. The van der Waals surface area contributed by atoms with E-state index in [1.54, 1.807) is 24.3 Å². The van der Waals surface area contributed by atoms with Gasteiger partial charge in [-0.25, -0.2) is 14.5 Å². The van der Waals surface area contributed by atoms with Crippen molar-refractivity contribution in [3.8, 4) is 5.69 Å². The van der Waals surface area contributed by atoms with Crippen LogP contribution in [0.3, 0.4) is 0 Å². The Balaban J connectivity index is 2.31. The molecule has 0 saturated carbocycles. The highest BCUT2D eigenvalue weighted by Crippen LogP contribution is 2.20. The summed E-state index contributed by atoms with van der Waals surface area (Å²) in [6.45, 7) is 6.00. The van der Waals surface area contributed by atoms with Gasteiger partial charge >= 0.3 is 5.69 Å². The monoisotopic (exact) mass is 307 g/mol. The van der Waals surface area contributed by atoms with Crippen LogP contribution >= 0.6 is 11.6 Å². The van der Waals surface area contributed by atoms with Gasteiger partial charge in [0.1, 0.15) is 11.6 Å². The minimum Gasteiger partial charge on any atom is -0.299 e. The van der Waals surface area contributed by atoms with Gasteiger partial charge in [0.25, 0.3) is 0 Å². The van der Waals surface area contributed by atoms with Crippen LogP contribution in [0.4, 0.5) is 0 Å². The average molecular weight is 308 g/mol. The number of carbonyl (C=O) groups excluding carboxylic acids is 1. The fourth-order valence-corrected chi connectivity index (χ4v) is 2.34. The summed E-state index contributed by atoms with van der Waals surface area (Å²) < 4.78 is 1.38. The Kier molecular flexibility index (Phi) is 4.32. The third-order valence-electron chi connectivity index (χ3n) is 2.89. The molecule has 0 fully saturated rings. The molecule has 0 spiro atoms. The molecule has 112 valence electrons. The van der Waals surface area contributed by atoms with Crippen molar-refractivity contribution >= 4 is 17.4 Å². The van der Waals surface area contributed by atoms with Crippen molar-refractivity contribution in [3.63, 3.8) is 0 Å². The zero-order valence-electron chi connectivity index (χ0n) is 12.3. The molecule has 6 heteroatoms. The summed E-state index contributed by atoms with van der Waals surface area (Å²) in [4.78, 5) is 24.0. The molecule has 0 unspecified atom stereocenters. The predicted octanol–water partition coefficient (Wildman–Crippen LogP) is 2.76.